The molecule has 1 amide bonds. The molecule has 0 radical (unpaired) electrons. The summed E-state index contributed by atoms with van der Waals surface area (Å²) < 4.78 is 5.47. The van der Waals surface area contributed by atoms with E-state index in [1.165, 1.54) is 0 Å². The average molecular weight is 502 g/mol. The van der Waals surface area contributed by atoms with E-state index in [9.17, 15) is 4.79 Å². The maximum Gasteiger partial charge on any atom is 0.251 e. The second-order valence-corrected chi connectivity index (χ2v) is 7.09. The van der Waals surface area contributed by atoms with Crippen LogP contribution in [0.25, 0.3) is 0 Å². The molecule has 0 spiro atoms. The lowest BCUT2D eigenvalue weighted by molar-refractivity contribution is 0.0953. The van der Waals surface area contributed by atoms with Crippen molar-refractivity contribution < 1.29 is 9.53 Å². The Kier molecular flexibility index (Phi) is 12.1. The summed E-state index contributed by atoms with van der Waals surface area (Å²) in [6.45, 7) is 8.99. The Balaban J connectivity index is 0.00000392. The lowest BCUT2D eigenvalue weighted by Crippen LogP contribution is -2.41. The zero-order valence-corrected chi connectivity index (χ0v) is 19.7. The van der Waals surface area contributed by atoms with Gasteiger partial charge < -0.3 is 20.3 Å². The predicted molar refractivity (Wildman–Crippen MR) is 125 cm³/mol. The summed E-state index contributed by atoms with van der Waals surface area (Å²) in [6.07, 6.45) is 3.20. The second kappa shape index (κ2) is 13.8. The van der Waals surface area contributed by atoms with E-state index in [4.69, 9.17) is 9.73 Å². The number of rotatable bonds is 9. The van der Waals surface area contributed by atoms with Gasteiger partial charge in [0.2, 0.25) is 0 Å². The summed E-state index contributed by atoms with van der Waals surface area (Å²) in [5.74, 6) is 1.47. The van der Waals surface area contributed by atoms with Gasteiger partial charge in [0.25, 0.3) is 5.91 Å². The highest BCUT2D eigenvalue weighted by molar-refractivity contribution is 14.0. The van der Waals surface area contributed by atoms with Gasteiger partial charge in [-0.25, -0.2) is 4.99 Å². The van der Waals surface area contributed by atoms with Crippen molar-refractivity contribution in [3.8, 4) is 0 Å². The Morgan fingerprint density at radius 1 is 1.25 bits per heavy atom. The summed E-state index contributed by atoms with van der Waals surface area (Å²) >= 11 is 0. The highest BCUT2D eigenvalue weighted by atomic mass is 127. The highest BCUT2D eigenvalue weighted by Crippen LogP contribution is 2.13. The van der Waals surface area contributed by atoms with Gasteiger partial charge in [0.1, 0.15) is 0 Å². The number of guanidine groups is 1. The van der Waals surface area contributed by atoms with E-state index in [-0.39, 0.29) is 29.9 Å². The number of carbonyl (C=O) groups is 1. The molecular weight excluding hydrogens is 467 g/mol. The Hall–Kier alpha value is -1.35. The van der Waals surface area contributed by atoms with Crippen LogP contribution in [0.4, 0.5) is 0 Å². The van der Waals surface area contributed by atoms with Gasteiger partial charge in [-0.15, -0.1) is 24.0 Å². The number of nitrogens with one attached hydrogen (secondary N) is 2. The number of amides is 1. The minimum atomic E-state index is -0.00893. The molecular formula is C21H35IN4O2. The van der Waals surface area contributed by atoms with E-state index < -0.39 is 0 Å². The van der Waals surface area contributed by atoms with Crippen molar-refractivity contribution in [3.63, 3.8) is 0 Å². The Morgan fingerprint density at radius 2 is 2.00 bits per heavy atom. The molecule has 0 aliphatic carbocycles. The van der Waals surface area contributed by atoms with Crippen molar-refractivity contribution in [2.24, 2.45) is 10.9 Å². The molecule has 2 rings (SSSR count). The largest absolute Gasteiger partial charge is 0.381 e. The Labute approximate surface area is 186 Å². The molecule has 1 aromatic rings. The lowest BCUT2D eigenvalue weighted by atomic mass is 10.1. The Morgan fingerprint density at radius 3 is 2.61 bits per heavy atom. The maximum atomic E-state index is 12.1. The monoisotopic (exact) mass is 502 g/mol. The maximum absolute atomic E-state index is 12.1. The van der Waals surface area contributed by atoms with Crippen molar-refractivity contribution in [1.29, 1.82) is 0 Å². The smallest absolute Gasteiger partial charge is 0.251 e. The summed E-state index contributed by atoms with van der Waals surface area (Å²) in [7, 11) is 2.07. The number of carbonyl (C=O) groups excluding carboxylic acids is 1. The van der Waals surface area contributed by atoms with Gasteiger partial charge >= 0.3 is 0 Å². The Bertz CT molecular complexity index is 601. The van der Waals surface area contributed by atoms with Crippen LogP contribution in [0.5, 0.6) is 0 Å². The third kappa shape index (κ3) is 8.34. The summed E-state index contributed by atoms with van der Waals surface area (Å²) in [6, 6.07) is 7.70. The van der Waals surface area contributed by atoms with Crippen LogP contribution in [0.1, 0.15) is 49.0 Å². The van der Waals surface area contributed by atoms with Gasteiger partial charge in [-0.1, -0.05) is 25.5 Å². The number of halogens is 1. The SMILES string of the molecule is CCCCNC(=O)c1ccc(CN=C(NCC)N(C)CC2CCOC2)cc1.I. The topological polar surface area (TPSA) is 66.0 Å². The fourth-order valence-corrected chi connectivity index (χ4v) is 3.08. The fourth-order valence-electron chi connectivity index (χ4n) is 3.08. The molecule has 0 bridgehead atoms. The van der Waals surface area contributed by atoms with Crippen LogP contribution in [0.3, 0.4) is 0 Å². The molecule has 28 heavy (non-hydrogen) atoms. The van der Waals surface area contributed by atoms with Crippen LogP contribution in [0.15, 0.2) is 29.3 Å². The normalized spacial score (nSPS) is 16.4. The second-order valence-electron chi connectivity index (χ2n) is 7.09. The molecule has 1 atom stereocenters. The molecule has 0 saturated carbocycles. The molecule has 2 N–H and O–H groups in total. The van der Waals surface area contributed by atoms with Gasteiger partial charge in [0, 0.05) is 44.8 Å². The molecule has 7 heteroatoms. The van der Waals surface area contributed by atoms with Crippen LogP contribution < -0.4 is 10.6 Å². The standard InChI is InChI=1S/C21H34N4O2.HI/c1-4-6-12-23-20(26)19-9-7-17(8-10-19)14-24-21(22-5-2)25(3)15-18-11-13-27-16-18;/h7-10,18H,4-6,11-16H2,1-3H3,(H,22,24)(H,23,26);1H. The van der Waals surface area contributed by atoms with E-state index in [0.29, 0.717) is 18.0 Å². The predicted octanol–water partition coefficient (Wildman–Crippen LogP) is 3.27. The number of ether oxygens (including phenoxy) is 1. The minimum Gasteiger partial charge on any atom is -0.381 e. The van der Waals surface area contributed by atoms with Crippen molar-refractivity contribution in [1.82, 2.24) is 15.5 Å². The first kappa shape index (κ1) is 24.7. The average Bonchev–Trinajstić information content (AvgIpc) is 3.18. The van der Waals surface area contributed by atoms with Crippen molar-refractivity contribution >= 4 is 35.8 Å². The quantitative estimate of drug-likeness (QED) is 0.236. The van der Waals surface area contributed by atoms with Gasteiger partial charge in [0.15, 0.2) is 5.96 Å². The molecule has 1 fully saturated rings. The van der Waals surface area contributed by atoms with E-state index in [2.05, 4.69) is 36.4 Å². The van der Waals surface area contributed by atoms with E-state index in [0.717, 1.165) is 63.6 Å². The molecule has 0 aromatic heterocycles. The minimum absolute atomic E-state index is 0. The number of unbranched alkanes of at least 4 members (excludes halogenated alkanes) is 1. The van der Waals surface area contributed by atoms with Crippen LogP contribution in [-0.2, 0) is 11.3 Å². The zero-order chi connectivity index (χ0) is 19.5. The first-order valence-electron chi connectivity index (χ1n) is 10.1. The van der Waals surface area contributed by atoms with Crippen LogP contribution in [0.2, 0.25) is 0 Å². The molecule has 1 aliphatic heterocycles. The first-order valence-corrected chi connectivity index (χ1v) is 10.1. The number of hydrogen-bond donors (Lipinski definition) is 2. The molecule has 1 aromatic carbocycles. The molecule has 1 unspecified atom stereocenters. The zero-order valence-electron chi connectivity index (χ0n) is 17.4. The van der Waals surface area contributed by atoms with E-state index in [1.807, 2.05) is 24.3 Å². The number of benzene rings is 1. The number of nitrogens with zero attached hydrogens (tertiary/aromatic N) is 2. The lowest BCUT2D eigenvalue weighted by Gasteiger charge is -2.24. The number of aliphatic imine (C=N–C) groups is 1. The third-order valence-electron chi connectivity index (χ3n) is 4.70. The fraction of sp³-hybridized carbons (Fsp3) is 0.619. The van der Waals surface area contributed by atoms with E-state index >= 15 is 0 Å². The number of hydrogen-bond acceptors (Lipinski definition) is 3. The van der Waals surface area contributed by atoms with E-state index in [1.54, 1.807) is 0 Å². The van der Waals surface area contributed by atoms with Crippen LogP contribution >= 0.6 is 24.0 Å². The van der Waals surface area contributed by atoms with Crippen LogP contribution in [0, 0.1) is 5.92 Å². The summed E-state index contributed by atoms with van der Waals surface area (Å²) in [4.78, 5) is 19.0. The first-order chi connectivity index (χ1) is 13.1. The van der Waals surface area contributed by atoms with Gasteiger partial charge in [-0.05, 0) is 37.5 Å². The van der Waals surface area contributed by atoms with Crippen molar-refractivity contribution in [3.05, 3.63) is 35.4 Å². The summed E-state index contributed by atoms with van der Waals surface area (Å²) in [5, 5.41) is 6.30. The van der Waals surface area contributed by atoms with Gasteiger partial charge in [-0.2, -0.15) is 0 Å². The highest BCUT2D eigenvalue weighted by Gasteiger charge is 2.19. The van der Waals surface area contributed by atoms with Crippen molar-refractivity contribution in [2.75, 3.05) is 39.9 Å². The van der Waals surface area contributed by atoms with Gasteiger partial charge in [0.05, 0.1) is 13.2 Å². The molecule has 1 aliphatic rings. The molecule has 158 valence electrons. The van der Waals surface area contributed by atoms with Gasteiger partial charge in [-0.3, -0.25) is 4.79 Å². The van der Waals surface area contributed by atoms with Crippen molar-refractivity contribution in [2.45, 2.75) is 39.7 Å². The molecule has 1 saturated heterocycles. The molecule has 1 heterocycles. The third-order valence-corrected chi connectivity index (χ3v) is 4.70. The molecule has 6 nitrogen and oxygen atoms in total. The van der Waals surface area contributed by atoms with Crippen LogP contribution in [-0.4, -0.2) is 56.7 Å². The summed E-state index contributed by atoms with van der Waals surface area (Å²) in [5.41, 5.74) is 1.79.